The second-order valence-electron chi connectivity index (χ2n) is 5.83. The van der Waals surface area contributed by atoms with Crippen LogP contribution in [0.5, 0.6) is 5.75 Å². The van der Waals surface area contributed by atoms with Crippen molar-refractivity contribution < 1.29 is 9.53 Å². The average Bonchev–Trinajstić information content (AvgIpc) is 2.85. The van der Waals surface area contributed by atoms with Gasteiger partial charge in [-0.3, -0.25) is 9.69 Å². The normalized spacial score (nSPS) is 17.1. The molecular weight excluding hydrogens is 332 g/mol. The van der Waals surface area contributed by atoms with Crippen LogP contribution >= 0.6 is 12.2 Å². The van der Waals surface area contributed by atoms with E-state index < -0.39 is 0 Å². The SMILES string of the molecule is C=CCN1C(=O)C(C)N(c2ccc(OCc3ccccc3)cc2)C1=S. The average molecular weight is 352 g/mol. The molecule has 1 atom stereocenters. The molecule has 1 aliphatic rings. The summed E-state index contributed by atoms with van der Waals surface area (Å²) < 4.78 is 5.80. The number of benzene rings is 2. The lowest BCUT2D eigenvalue weighted by atomic mass is 10.2. The lowest BCUT2D eigenvalue weighted by Crippen LogP contribution is -2.33. The number of anilines is 1. The van der Waals surface area contributed by atoms with E-state index in [1.54, 1.807) is 11.0 Å². The first kappa shape index (κ1) is 17.2. The van der Waals surface area contributed by atoms with Gasteiger partial charge in [-0.05, 0) is 49.0 Å². The molecule has 0 aliphatic carbocycles. The van der Waals surface area contributed by atoms with E-state index in [2.05, 4.69) is 6.58 Å². The van der Waals surface area contributed by atoms with Crippen LogP contribution in [0.2, 0.25) is 0 Å². The number of hydrogen-bond donors (Lipinski definition) is 0. The summed E-state index contributed by atoms with van der Waals surface area (Å²) in [6.45, 7) is 6.49. The van der Waals surface area contributed by atoms with Gasteiger partial charge in [-0.15, -0.1) is 6.58 Å². The molecule has 0 bridgehead atoms. The Balaban J connectivity index is 1.70. The van der Waals surface area contributed by atoms with Crippen LogP contribution in [0.4, 0.5) is 5.69 Å². The molecule has 1 amide bonds. The molecule has 1 saturated heterocycles. The molecule has 2 aromatic carbocycles. The van der Waals surface area contributed by atoms with Gasteiger partial charge in [-0.2, -0.15) is 0 Å². The smallest absolute Gasteiger partial charge is 0.251 e. The van der Waals surface area contributed by atoms with Gasteiger partial charge < -0.3 is 9.64 Å². The number of carbonyl (C=O) groups excluding carboxylic acids is 1. The fraction of sp³-hybridized carbons (Fsp3) is 0.200. The Hall–Kier alpha value is -2.66. The van der Waals surface area contributed by atoms with Gasteiger partial charge in [0.05, 0.1) is 0 Å². The third-order valence-electron chi connectivity index (χ3n) is 4.12. The van der Waals surface area contributed by atoms with Gasteiger partial charge in [0.2, 0.25) is 0 Å². The summed E-state index contributed by atoms with van der Waals surface area (Å²) >= 11 is 5.46. The number of ether oxygens (including phenoxy) is 1. The van der Waals surface area contributed by atoms with Crippen molar-refractivity contribution in [1.29, 1.82) is 0 Å². The highest BCUT2D eigenvalue weighted by Crippen LogP contribution is 2.28. The summed E-state index contributed by atoms with van der Waals surface area (Å²) in [4.78, 5) is 15.8. The van der Waals surface area contributed by atoms with Gasteiger partial charge in [0.25, 0.3) is 5.91 Å². The summed E-state index contributed by atoms with van der Waals surface area (Å²) in [5.41, 5.74) is 2.00. The molecule has 1 heterocycles. The predicted molar refractivity (Wildman–Crippen MR) is 104 cm³/mol. The highest BCUT2D eigenvalue weighted by Gasteiger charge is 2.39. The maximum absolute atomic E-state index is 12.3. The molecule has 128 valence electrons. The molecule has 2 aromatic rings. The van der Waals surface area contributed by atoms with Crippen LogP contribution in [0, 0.1) is 0 Å². The summed E-state index contributed by atoms with van der Waals surface area (Å²) in [7, 11) is 0. The first-order chi connectivity index (χ1) is 12.1. The van der Waals surface area contributed by atoms with E-state index in [1.807, 2.05) is 66.4 Å². The molecule has 25 heavy (non-hydrogen) atoms. The lowest BCUT2D eigenvalue weighted by molar-refractivity contribution is -0.126. The maximum atomic E-state index is 12.3. The van der Waals surface area contributed by atoms with E-state index in [1.165, 1.54) is 0 Å². The molecular formula is C20H20N2O2S. The van der Waals surface area contributed by atoms with Gasteiger partial charge in [0, 0.05) is 12.2 Å². The third-order valence-corrected chi connectivity index (χ3v) is 4.54. The summed E-state index contributed by atoms with van der Waals surface area (Å²) in [5.74, 6) is 0.772. The number of amides is 1. The number of hydrogen-bond acceptors (Lipinski definition) is 3. The Kier molecular flexibility index (Phi) is 5.14. The van der Waals surface area contributed by atoms with Crippen molar-refractivity contribution in [3.63, 3.8) is 0 Å². The van der Waals surface area contributed by atoms with Crippen LogP contribution in [0.1, 0.15) is 12.5 Å². The Morgan fingerprint density at radius 1 is 1.16 bits per heavy atom. The molecule has 1 aliphatic heterocycles. The second kappa shape index (κ2) is 7.49. The van der Waals surface area contributed by atoms with Crippen molar-refractivity contribution in [1.82, 2.24) is 4.90 Å². The van der Waals surface area contributed by atoms with Gasteiger partial charge in [-0.25, -0.2) is 0 Å². The number of carbonyl (C=O) groups is 1. The molecule has 0 aromatic heterocycles. The van der Waals surface area contributed by atoms with E-state index in [4.69, 9.17) is 17.0 Å². The zero-order chi connectivity index (χ0) is 17.8. The van der Waals surface area contributed by atoms with Crippen molar-refractivity contribution >= 4 is 28.9 Å². The molecule has 5 heteroatoms. The van der Waals surface area contributed by atoms with Gasteiger partial charge in [0.15, 0.2) is 5.11 Å². The first-order valence-corrected chi connectivity index (χ1v) is 8.55. The maximum Gasteiger partial charge on any atom is 0.251 e. The topological polar surface area (TPSA) is 32.8 Å². The molecule has 0 N–H and O–H groups in total. The van der Waals surface area contributed by atoms with E-state index in [-0.39, 0.29) is 11.9 Å². The number of nitrogens with zero attached hydrogens (tertiary/aromatic N) is 2. The van der Waals surface area contributed by atoms with Crippen molar-refractivity contribution in [2.75, 3.05) is 11.4 Å². The number of thiocarbonyl (C=S) groups is 1. The van der Waals surface area contributed by atoms with E-state index in [0.29, 0.717) is 18.3 Å². The van der Waals surface area contributed by atoms with Crippen LogP contribution in [-0.4, -0.2) is 28.5 Å². The fourth-order valence-corrected chi connectivity index (χ4v) is 3.23. The summed E-state index contributed by atoms with van der Waals surface area (Å²) in [5, 5.41) is 0.510. The molecule has 1 fully saturated rings. The van der Waals surface area contributed by atoms with Gasteiger partial charge in [0.1, 0.15) is 18.4 Å². The van der Waals surface area contributed by atoms with Crippen LogP contribution in [0.3, 0.4) is 0 Å². The third kappa shape index (κ3) is 3.56. The standard InChI is InChI=1S/C20H20N2O2S/c1-3-13-21-19(23)15(2)22(20(21)25)17-9-11-18(12-10-17)24-14-16-7-5-4-6-8-16/h3-12,15H,1,13-14H2,2H3. The number of rotatable bonds is 6. The summed E-state index contributed by atoms with van der Waals surface area (Å²) in [6, 6.07) is 17.3. The van der Waals surface area contributed by atoms with Crippen molar-refractivity contribution in [2.45, 2.75) is 19.6 Å². The van der Waals surface area contributed by atoms with E-state index in [9.17, 15) is 4.79 Å². The van der Waals surface area contributed by atoms with Crippen molar-refractivity contribution in [2.24, 2.45) is 0 Å². The summed E-state index contributed by atoms with van der Waals surface area (Å²) in [6.07, 6.45) is 1.68. The molecule has 0 spiro atoms. The quantitative estimate of drug-likeness (QED) is 0.585. The predicted octanol–water partition coefficient (Wildman–Crippen LogP) is 3.77. The van der Waals surface area contributed by atoms with Crippen LogP contribution in [0.25, 0.3) is 0 Å². The Labute approximate surface area is 153 Å². The first-order valence-electron chi connectivity index (χ1n) is 8.14. The minimum atomic E-state index is -0.316. The highest BCUT2D eigenvalue weighted by molar-refractivity contribution is 7.80. The Morgan fingerprint density at radius 3 is 2.48 bits per heavy atom. The Bertz CT molecular complexity index is 774. The monoisotopic (exact) mass is 352 g/mol. The van der Waals surface area contributed by atoms with Crippen LogP contribution < -0.4 is 9.64 Å². The fourth-order valence-electron chi connectivity index (χ4n) is 2.80. The zero-order valence-electron chi connectivity index (χ0n) is 14.1. The van der Waals surface area contributed by atoms with E-state index in [0.717, 1.165) is 17.0 Å². The molecule has 0 radical (unpaired) electrons. The lowest BCUT2D eigenvalue weighted by Gasteiger charge is -2.22. The van der Waals surface area contributed by atoms with Crippen LogP contribution in [-0.2, 0) is 11.4 Å². The molecule has 0 saturated carbocycles. The Morgan fingerprint density at radius 2 is 1.84 bits per heavy atom. The minimum absolute atomic E-state index is 0.00527. The second-order valence-corrected chi connectivity index (χ2v) is 6.20. The molecule has 4 nitrogen and oxygen atoms in total. The van der Waals surface area contributed by atoms with Gasteiger partial charge >= 0.3 is 0 Å². The van der Waals surface area contributed by atoms with Gasteiger partial charge in [-0.1, -0.05) is 36.4 Å². The zero-order valence-corrected chi connectivity index (χ0v) is 14.9. The van der Waals surface area contributed by atoms with Crippen molar-refractivity contribution in [3.05, 3.63) is 72.8 Å². The highest BCUT2D eigenvalue weighted by atomic mass is 32.1. The minimum Gasteiger partial charge on any atom is -0.489 e. The van der Waals surface area contributed by atoms with Crippen molar-refractivity contribution in [3.8, 4) is 5.75 Å². The largest absolute Gasteiger partial charge is 0.489 e. The van der Waals surface area contributed by atoms with Crippen LogP contribution in [0.15, 0.2) is 67.3 Å². The molecule has 1 unspecified atom stereocenters. The molecule has 3 rings (SSSR count). The van der Waals surface area contributed by atoms with E-state index >= 15 is 0 Å².